The Morgan fingerprint density at radius 3 is 2.55 bits per heavy atom. The van der Waals surface area contributed by atoms with E-state index in [-0.39, 0.29) is 0 Å². The maximum Gasteiger partial charge on any atom is 0.0304 e. The third-order valence-electron chi connectivity index (χ3n) is 4.76. The maximum atomic E-state index is 3.74. The van der Waals surface area contributed by atoms with Crippen molar-refractivity contribution in [1.82, 2.24) is 10.2 Å². The van der Waals surface area contributed by atoms with E-state index in [4.69, 9.17) is 0 Å². The van der Waals surface area contributed by atoms with Gasteiger partial charge in [0.05, 0.1) is 0 Å². The second-order valence-electron chi connectivity index (χ2n) is 6.38. The van der Waals surface area contributed by atoms with E-state index >= 15 is 0 Å². The summed E-state index contributed by atoms with van der Waals surface area (Å²) in [7, 11) is 0. The zero-order valence-electron chi connectivity index (χ0n) is 13.6. The van der Waals surface area contributed by atoms with Crippen molar-refractivity contribution in [2.75, 3.05) is 13.1 Å². The molecule has 2 nitrogen and oxygen atoms in total. The van der Waals surface area contributed by atoms with Crippen LogP contribution in [0.1, 0.15) is 34.4 Å². The molecule has 22 heavy (non-hydrogen) atoms. The summed E-state index contributed by atoms with van der Waals surface area (Å²) in [6, 6.07) is 11.6. The number of nitrogens with zero attached hydrogens (tertiary/aromatic N) is 1. The average molecular weight is 314 g/mol. The van der Waals surface area contributed by atoms with Crippen molar-refractivity contribution in [3.05, 3.63) is 57.3 Å². The van der Waals surface area contributed by atoms with Crippen LogP contribution in [-0.4, -0.2) is 24.0 Å². The molecule has 0 bridgehead atoms. The lowest BCUT2D eigenvalue weighted by molar-refractivity contribution is 0.190. The molecule has 1 aromatic heterocycles. The molecule has 0 radical (unpaired) electrons. The predicted molar refractivity (Wildman–Crippen MR) is 95.4 cm³/mol. The van der Waals surface area contributed by atoms with Gasteiger partial charge in [0.25, 0.3) is 0 Å². The van der Waals surface area contributed by atoms with Gasteiger partial charge in [-0.25, -0.2) is 0 Å². The molecule has 0 amide bonds. The first-order valence-electron chi connectivity index (χ1n) is 8.25. The minimum absolute atomic E-state index is 0.676. The van der Waals surface area contributed by atoms with E-state index in [1.54, 1.807) is 0 Å². The fraction of sp³-hybridized carbons (Fsp3) is 0.474. The number of likely N-dealkylation sites (tertiary alicyclic amines) is 1. The molecule has 3 rings (SSSR count). The Hall–Kier alpha value is -1.16. The Kier molecular flexibility index (Phi) is 5.29. The molecule has 3 heteroatoms. The largest absolute Gasteiger partial charge is 0.309 e. The highest BCUT2D eigenvalue weighted by atomic mass is 32.1. The number of hydrogen-bond acceptors (Lipinski definition) is 3. The van der Waals surface area contributed by atoms with Gasteiger partial charge in [0.2, 0.25) is 0 Å². The van der Waals surface area contributed by atoms with Crippen LogP contribution in [-0.2, 0) is 13.1 Å². The van der Waals surface area contributed by atoms with Crippen molar-refractivity contribution in [2.45, 2.75) is 45.8 Å². The lowest BCUT2D eigenvalue weighted by Crippen LogP contribution is -2.41. The smallest absolute Gasteiger partial charge is 0.0304 e. The van der Waals surface area contributed by atoms with Crippen LogP contribution in [0.25, 0.3) is 0 Å². The molecule has 0 atom stereocenters. The number of hydrogen-bond donors (Lipinski definition) is 1. The summed E-state index contributed by atoms with van der Waals surface area (Å²) in [4.78, 5) is 4.08. The van der Waals surface area contributed by atoms with Gasteiger partial charge in [0.15, 0.2) is 0 Å². The predicted octanol–water partition coefficient (Wildman–Crippen LogP) is 4.12. The van der Waals surface area contributed by atoms with E-state index in [1.165, 1.54) is 47.5 Å². The molecule has 1 saturated heterocycles. The average Bonchev–Trinajstić information content (AvgIpc) is 2.94. The molecule has 1 aliphatic heterocycles. The Morgan fingerprint density at radius 1 is 1.09 bits per heavy atom. The molecule has 0 spiro atoms. The maximum absolute atomic E-state index is 3.74. The number of nitrogens with one attached hydrogen (secondary N) is 1. The monoisotopic (exact) mass is 314 g/mol. The molecule has 2 heterocycles. The summed E-state index contributed by atoms with van der Waals surface area (Å²) in [6.07, 6.45) is 2.52. The van der Waals surface area contributed by atoms with E-state index in [0.717, 1.165) is 13.1 Å². The number of piperidine rings is 1. The summed E-state index contributed by atoms with van der Waals surface area (Å²) in [5.41, 5.74) is 4.31. The highest BCUT2D eigenvalue weighted by Crippen LogP contribution is 2.18. The van der Waals surface area contributed by atoms with Crippen LogP contribution in [0.2, 0.25) is 0 Å². The summed E-state index contributed by atoms with van der Waals surface area (Å²) < 4.78 is 0. The van der Waals surface area contributed by atoms with E-state index in [1.807, 2.05) is 11.3 Å². The summed E-state index contributed by atoms with van der Waals surface area (Å²) >= 11 is 1.87. The molecule has 0 unspecified atom stereocenters. The number of thiophene rings is 1. The molecule has 0 aliphatic carbocycles. The van der Waals surface area contributed by atoms with Gasteiger partial charge in [-0.15, -0.1) is 11.3 Å². The first kappa shape index (κ1) is 15.7. The zero-order chi connectivity index (χ0) is 15.4. The van der Waals surface area contributed by atoms with Crippen LogP contribution in [0.15, 0.2) is 35.7 Å². The van der Waals surface area contributed by atoms with Crippen LogP contribution in [0, 0.1) is 13.8 Å². The third kappa shape index (κ3) is 3.97. The Labute approximate surface area is 138 Å². The number of benzene rings is 1. The molecule has 1 N–H and O–H groups in total. The fourth-order valence-corrected chi connectivity index (χ4v) is 4.00. The fourth-order valence-electron chi connectivity index (χ4n) is 3.15. The lowest BCUT2D eigenvalue weighted by Gasteiger charge is -2.32. The topological polar surface area (TPSA) is 15.3 Å². The Balaban J connectivity index is 1.44. The van der Waals surface area contributed by atoms with E-state index in [9.17, 15) is 0 Å². The molecule has 1 fully saturated rings. The van der Waals surface area contributed by atoms with Crippen LogP contribution >= 0.6 is 11.3 Å². The highest BCUT2D eigenvalue weighted by molar-refractivity contribution is 7.10. The van der Waals surface area contributed by atoms with Gasteiger partial charge < -0.3 is 5.32 Å². The zero-order valence-corrected chi connectivity index (χ0v) is 14.5. The van der Waals surface area contributed by atoms with Crippen molar-refractivity contribution in [1.29, 1.82) is 0 Å². The third-order valence-corrected chi connectivity index (χ3v) is 5.79. The molecular weight excluding hydrogens is 288 g/mol. The number of rotatable bonds is 5. The van der Waals surface area contributed by atoms with Gasteiger partial charge in [-0.1, -0.05) is 24.3 Å². The first-order chi connectivity index (χ1) is 10.7. The van der Waals surface area contributed by atoms with Crippen LogP contribution in [0.4, 0.5) is 0 Å². The van der Waals surface area contributed by atoms with E-state index < -0.39 is 0 Å². The van der Waals surface area contributed by atoms with Crippen molar-refractivity contribution in [2.24, 2.45) is 0 Å². The van der Waals surface area contributed by atoms with E-state index in [2.05, 4.69) is 59.8 Å². The quantitative estimate of drug-likeness (QED) is 0.893. The summed E-state index contributed by atoms with van der Waals surface area (Å²) in [5.74, 6) is 0. The normalized spacial score (nSPS) is 17.0. The van der Waals surface area contributed by atoms with Crippen LogP contribution in [0.5, 0.6) is 0 Å². The van der Waals surface area contributed by atoms with Crippen LogP contribution in [0.3, 0.4) is 0 Å². The molecule has 1 aromatic carbocycles. The van der Waals surface area contributed by atoms with Crippen molar-refractivity contribution >= 4 is 11.3 Å². The minimum atomic E-state index is 0.676. The molecule has 1 aliphatic rings. The minimum Gasteiger partial charge on any atom is -0.309 e. The highest BCUT2D eigenvalue weighted by Gasteiger charge is 2.19. The molecule has 118 valence electrons. The SMILES string of the molecule is Cc1ccccc1CN1CCC(NCc2sccc2C)CC1. The van der Waals surface area contributed by atoms with Gasteiger partial charge in [-0.05, 0) is 67.9 Å². The standard InChI is InChI=1S/C19H26N2S/c1-15-5-3-4-6-17(15)14-21-10-7-18(8-11-21)20-13-19-16(2)9-12-22-19/h3-6,9,12,18,20H,7-8,10-11,13-14H2,1-2H3. The Bertz CT molecular complexity index is 597. The van der Waals surface area contributed by atoms with Gasteiger partial charge >= 0.3 is 0 Å². The number of aryl methyl sites for hydroxylation is 2. The molecule has 0 saturated carbocycles. The summed E-state index contributed by atoms with van der Waals surface area (Å²) in [5, 5.41) is 5.94. The molecule has 2 aromatic rings. The Morgan fingerprint density at radius 2 is 1.86 bits per heavy atom. The van der Waals surface area contributed by atoms with Gasteiger partial charge in [-0.2, -0.15) is 0 Å². The van der Waals surface area contributed by atoms with Crippen LogP contribution < -0.4 is 5.32 Å². The second-order valence-corrected chi connectivity index (χ2v) is 7.39. The van der Waals surface area contributed by atoms with Gasteiger partial charge in [0.1, 0.15) is 0 Å². The van der Waals surface area contributed by atoms with Gasteiger partial charge in [-0.3, -0.25) is 4.90 Å². The van der Waals surface area contributed by atoms with Crippen molar-refractivity contribution in [3.63, 3.8) is 0 Å². The van der Waals surface area contributed by atoms with E-state index in [0.29, 0.717) is 6.04 Å². The van der Waals surface area contributed by atoms with Gasteiger partial charge in [0, 0.05) is 24.0 Å². The molecular formula is C19H26N2S. The first-order valence-corrected chi connectivity index (χ1v) is 9.13. The van der Waals surface area contributed by atoms with Crippen molar-refractivity contribution < 1.29 is 0 Å². The summed E-state index contributed by atoms with van der Waals surface area (Å²) in [6.45, 7) is 8.96. The lowest BCUT2D eigenvalue weighted by atomic mass is 10.0. The van der Waals surface area contributed by atoms with Crippen molar-refractivity contribution in [3.8, 4) is 0 Å². The second kappa shape index (κ2) is 7.40.